The van der Waals surface area contributed by atoms with Crippen LogP contribution < -0.4 is 10.5 Å². The summed E-state index contributed by atoms with van der Waals surface area (Å²) in [5.41, 5.74) is 8.55. The van der Waals surface area contributed by atoms with Crippen LogP contribution in [0.15, 0.2) is 18.2 Å². The van der Waals surface area contributed by atoms with E-state index in [1.165, 1.54) is 11.1 Å². The lowest BCUT2D eigenvalue weighted by molar-refractivity contribution is 0.0551. The van der Waals surface area contributed by atoms with E-state index in [-0.39, 0.29) is 12.1 Å². The molecule has 0 fully saturated rings. The molecule has 1 aliphatic carbocycles. The summed E-state index contributed by atoms with van der Waals surface area (Å²) in [5, 5.41) is 0. The summed E-state index contributed by atoms with van der Waals surface area (Å²) < 4.78 is 11.2. The van der Waals surface area contributed by atoms with Crippen molar-refractivity contribution < 1.29 is 9.47 Å². The van der Waals surface area contributed by atoms with Crippen LogP contribution in [0.3, 0.4) is 0 Å². The molecule has 0 amide bonds. The Balaban J connectivity index is 1.93. The molecule has 0 heterocycles. The third kappa shape index (κ3) is 2.99. The number of hydrogen-bond donors (Lipinski definition) is 1. The molecule has 0 aromatic heterocycles. The van der Waals surface area contributed by atoms with Crippen molar-refractivity contribution in [3.05, 3.63) is 29.3 Å². The Bertz CT molecular complexity index is 376. The van der Waals surface area contributed by atoms with Gasteiger partial charge in [-0.15, -0.1) is 0 Å². The van der Waals surface area contributed by atoms with Crippen LogP contribution in [0.25, 0.3) is 0 Å². The molecule has 2 N–H and O–H groups in total. The van der Waals surface area contributed by atoms with E-state index in [9.17, 15) is 0 Å². The average Bonchev–Trinajstić information content (AvgIpc) is 2.67. The maximum atomic E-state index is 6.03. The minimum Gasteiger partial charge on any atom is -0.491 e. The first-order valence-electron chi connectivity index (χ1n) is 6.30. The molecule has 1 aromatic rings. The van der Waals surface area contributed by atoms with Crippen molar-refractivity contribution in [1.29, 1.82) is 0 Å². The van der Waals surface area contributed by atoms with E-state index in [0.717, 1.165) is 18.6 Å². The quantitative estimate of drug-likeness (QED) is 0.797. The Morgan fingerprint density at radius 2 is 2.18 bits per heavy atom. The van der Waals surface area contributed by atoms with Crippen molar-refractivity contribution in [2.75, 3.05) is 13.2 Å². The van der Waals surface area contributed by atoms with Crippen LogP contribution in [0.4, 0.5) is 0 Å². The highest BCUT2D eigenvalue weighted by molar-refractivity contribution is 5.44. The second kappa shape index (κ2) is 5.52. The average molecular weight is 235 g/mol. The highest BCUT2D eigenvalue weighted by Crippen LogP contribution is 2.35. The van der Waals surface area contributed by atoms with Crippen LogP contribution in [0.1, 0.15) is 37.4 Å². The van der Waals surface area contributed by atoms with Crippen molar-refractivity contribution in [1.82, 2.24) is 0 Å². The molecule has 0 bridgehead atoms. The SMILES string of the molecule is CC(C)OCCOc1cccc2c1CCC2N. The van der Waals surface area contributed by atoms with Gasteiger partial charge in [-0.3, -0.25) is 0 Å². The number of rotatable bonds is 5. The highest BCUT2D eigenvalue weighted by Gasteiger charge is 2.21. The fraction of sp³-hybridized carbons (Fsp3) is 0.571. The number of benzene rings is 1. The molecule has 3 heteroatoms. The zero-order valence-corrected chi connectivity index (χ0v) is 10.6. The number of nitrogens with two attached hydrogens (primary N) is 1. The van der Waals surface area contributed by atoms with Crippen LogP contribution in [-0.2, 0) is 11.2 Å². The van der Waals surface area contributed by atoms with Crippen LogP contribution in [0.5, 0.6) is 5.75 Å². The molecule has 1 unspecified atom stereocenters. The van der Waals surface area contributed by atoms with Crippen molar-refractivity contribution in [3.63, 3.8) is 0 Å². The molecule has 0 saturated heterocycles. The standard InChI is InChI=1S/C14H21NO2/c1-10(2)16-8-9-17-14-5-3-4-11-12(14)6-7-13(11)15/h3-5,10,13H,6-9,15H2,1-2H3. The van der Waals surface area contributed by atoms with E-state index >= 15 is 0 Å². The summed E-state index contributed by atoms with van der Waals surface area (Å²) in [6.07, 6.45) is 2.31. The highest BCUT2D eigenvalue weighted by atomic mass is 16.5. The van der Waals surface area contributed by atoms with Gasteiger partial charge < -0.3 is 15.2 Å². The van der Waals surface area contributed by atoms with Crippen molar-refractivity contribution in [3.8, 4) is 5.75 Å². The maximum absolute atomic E-state index is 6.03. The Kier molecular flexibility index (Phi) is 4.02. The number of hydrogen-bond acceptors (Lipinski definition) is 3. The van der Waals surface area contributed by atoms with Crippen molar-refractivity contribution in [2.24, 2.45) is 5.73 Å². The Morgan fingerprint density at radius 3 is 2.94 bits per heavy atom. The van der Waals surface area contributed by atoms with Gasteiger partial charge in [0.25, 0.3) is 0 Å². The third-order valence-electron chi connectivity index (χ3n) is 3.07. The lowest BCUT2D eigenvalue weighted by Crippen LogP contribution is -2.12. The van der Waals surface area contributed by atoms with Crippen LogP contribution in [0.2, 0.25) is 0 Å². The Morgan fingerprint density at radius 1 is 1.35 bits per heavy atom. The van der Waals surface area contributed by atoms with Gasteiger partial charge in [0.2, 0.25) is 0 Å². The number of fused-ring (bicyclic) bond motifs is 1. The van der Waals surface area contributed by atoms with Crippen LogP contribution in [-0.4, -0.2) is 19.3 Å². The molecule has 0 aliphatic heterocycles. The predicted molar refractivity (Wildman–Crippen MR) is 68.3 cm³/mol. The molecule has 17 heavy (non-hydrogen) atoms. The van der Waals surface area contributed by atoms with E-state index in [4.69, 9.17) is 15.2 Å². The molecule has 0 spiro atoms. The van der Waals surface area contributed by atoms with Gasteiger partial charge in [0.1, 0.15) is 12.4 Å². The summed E-state index contributed by atoms with van der Waals surface area (Å²) >= 11 is 0. The van der Waals surface area contributed by atoms with Gasteiger partial charge in [0, 0.05) is 6.04 Å². The molecule has 1 aliphatic rings. The van der Waals surface area contributed by atoms with Gasteiger partial charge in [0.05, 0.1) is 12.7 Å². The molecular formula is C14H21NO2. The number of ether oxygens (including phenoxy) is 2. The maximum Gasteiger partial charge on any atom is 0.122 e. The third-order valence-corrected chi connectivity index (χ3v) is 3.07. The Hall–Kier alpha value is -1.06. The van der Waals surface area contributed by atoms with Gasteiger partial charge in [-0.1, -0.05) is 12.1 Å². The minimum absolute atomic E-state index is 0.181. The second-order valence-corrected chi connectivity index (χ2v) is 4.74. The summed E-state index contributed by atoms with van der Waals surface area (Å²) in [7, 11) is 0. The van der Waals surface area contributed by atoms with Gasteiger partial charge >= 0.3 is 0 Å². The smallest absolute Gasteiger partial charge is 0.122 e. The first kappa shape index (κ1) is 12.4. The molecule has 3 nitrogen and oxygen atoms in total. The normalized spacial score (nSPS) is 18.5. The van der Waals surface area contributed by atoms with Crippen LogP contribution in [0, 0.1) is 0 Å². The lowest BCUT2D eigenvalue weighted by atomic mass is 10.1. The topological polar surface area (TPSA) is 44.5 Å². The minimum atomic E-state index is 0.181. The monoisotopic (exact) mass is 235 g/mol. The van der Waals surface area contributed by atoms with Crippen molar-refractivity contribution in [2.45, 2.75) is 38.8 Å². The first-order valence-corrected chi connectivity index (χ1v) is 6.30. The molecule has 94 valence electrons. The van der Waals surface area contributed by atoms with E-state index in [0.29, 0.717) is 13.2 Å². The fourth-order valence-electron chi connectivity index (χ4n) is 2.22. The molecule has 0 saturated carbocycles. The van der Waals surface area contributed by atoms with E-state index in [2.05, 4.69) is 6.07 Å². The van der Waals surface area contributed by atoms with Gasteiger partial charge in [-0.2, -0.15) is 0 Å². The van der Waals surface area contributed by atoms with Gasteiger partial charge in [-0.25, -0.2) is 0 Å². The van der Waals surface area contributed by atoms with Gasteiger partial charge in [-0.05, 0) is 43.9 Å². The summed E-state index contributed by atoms with van der Waals surface area (Å²) in [5.74, 6) is 0.975. The first-order chi connectivity index (χ1) is 8.18. The molecule has 0 radical (unpaired) electrons. The zero-order chi connectivity index (χ0) is 12.3. The lowest BCUT2D eigenvalue weighted by Gasteiger charge is -2.12. The fourth-order valence-corrected chi connectivity index (χ4v) is 2.22. The molecular weight excluding hydrogens is 214 g/mol. The summed E-state index contributed by atoms with van der Waals surface area (Å²) in [4.78, 5) is 0. The van der Waals surface area contributed by atoms with Gasteiger partial charge in [0.15, 0.2) is 0 Å². The molecule has 1 atom stereocenters. The Labute approximate surface area is 103 Å². The van der Waals surface area contributed by atoms with Crippen molar-refractivity contribution >= 4 is 0 Å². The van der Waals surface area contributed by atoms with E-state index in [1.54, 1.807) is 0 Å². The van der Waals surface area contributed by atoms with Crippen LogP contribution >= 0.6 is 0 Å². The van der Waals surface area contributed by atoms with E-state index < -0.39 is 0 Å². The largest absolute Gasteiger partial charge is 0.491 e. The van der Waals surface area contributed by atoms with E-state index in [1.807, 2.05) is 26.0 Å². The second-order valence-electron chi connectivity index (χ2n) is 4.74. The summed E-state index contributed by atoms with van der Waals surface area (Å²) in [6, 6.07) is 6.32. The predicted octanol–water partition coefficient (Wildman–Crippen LogP) is 2.44. The summed E-state index contributed by atoms with van der Waals surface area (Å²) in [6.45, 7) is 5.29. The molecule has 2 rings (SSSR count). The molecule has 1 aromatic carbocycles. The zero-order valence-electron chi connectivity index (χ0n) is 10.6.